The number of likely N-dealkylation sites (tertiary alicyclic amines) is 1. The number of aryl methyl sites for hydroxylation is 1. The molecule has 0 aliphatic carbocycles. The molecule has 0 radical (unpaired) electrons. The number of alkyl carbamates (subject to hydrolysis) is 1. The molecule has 0 bridgehead atoms. The van der Waals surface area contributed by atoms with Gasteiger partial charge in [0.15, 0.2) is 5.78 Å². The van der Waals surface area contributed by atoms with Crippen molar-refractivity contribution in [2.45, 2.75) is 45.1 Å². The number of ketones is 1. The number of carbonyl (C=O) groups excluding carboxylic acids is 4. The maximum atomic E-state index is 13.8. The van der Waals surface area contributed by atoms with Gasteiger partial charge in [-0.3, -0.25) is 25.1 Å². The second kappa shape index (κ2) is 14.8. The molecule has 1 aliphatic heterocycles. The van der Waals surface area contributed by atoms with Crippen LogP contribution in [0.2, 0.25) is 0 Å². The topological polar surface area (TPSA) is 168 Å². The van der Waals surface area contributed by atoms with E-state index in [1.165, 1.54) is 7.11 Å². The Balaban J connectivity index is 1.49. The van der Waals surface area contributed by atoms with E-state index in [0.29, 0.717) is 25.2 Å². The number of rotatable bonds is 13. The molecule has 1 fully saturated rings. The number of methoxy groups -OCH3 is 1. The van der Waals surface area contributed by atoms with Gasteiger partial charge in [-0.15, -0.1) is 0 Å². The minimum atomic E-state index is -0.961. The Morgan fingerprint density at radius 3 is 2.44 bits per heavy atom. The maximum absolute atomic E-state index is 13.8. The van der Waals surface area contributed by atoms with E-state index in [2.05, 4.69) is 20.7 Å². The molecule has 13 heteroatoms. The lowest BCUT2D eigenvalue weighted by molar-refractivity contribution is -0.143. The van der Waals surface area contributed by atoms with Gasteiger partial charge in [-0.1, -0.05) is 6.07 Å². The third-order valence-electron chi connectivity index (χ3n) is 7.97. The number of imidazole rings is 1. The van der Waals surface area contributed by atoms with Gasteiger partial charge < -0.3 is 29.6 Å². The number of nitrogens with zero attached hydrogens (tertiary/aromatic N) is 3. The number of aromatic nitrogens is 2. The first-order valence-corrected chi connectivity index (χ1v) is 15.0. The average Bonchev–Trinajstić information content (AvgIpc) is 3.68. The SMILES string of the molecule is CCOC(=O)NC(=N)c1ccc(NCc2nc3cc(C(C)(CNCC(=O)CC(=O)OC)C(=O)N4CCCC4)ccc3n2C)cc1. The number of nitrogens with one attached hydrogen (secondary N) is 4. The summed E-state index contributed by atoms with van der Waals surface area (Å²) < 4.78 is 11.4. The van der Waals surface area contributed by atoms with Gasteiger partial charge >= 0.3 is 12.1 Å². The number of Topliss-reactive ketones (excluding diaryl/α,β-unsaturated/α-hetero) is 1. The van der Waals surface area contributed by atoms with Crippen LogP contribution in [0, 0.1) is 5.41 Å². The summed E-state index contributed by atoms with van der Waals surface area (Å²) in [5.41, 5.74) is 2.82. The second-order valence-corrected chi connectivity index (χ2v) is 11.2. The molecule has 1 saturated heterocycles. The number of amidine groups is 1. The number of hydrogen-bond donors (Lipinski definition) is 4. The minimum Gasteiger partial charge on any atom is -0.469 e. The van der Waals surface area contributed by atoms with E-state index in [9.17, 15) is 19.2 Å². The summed E-state index contributed by atoms with van der Waals surface area (Å²) >= 11 is 0. The zero-order valence-electron chi connectivity index (χ0n) is 26.2. The molecule has 3 aromatic rings. The molecular weight excluding hydrogens is 578 g/mol. The standard InChI is InChI=1S/C32H41N7O6/c1-5-45-31(43)37-29(33)21-8-11-23(12-9-21)35-19-27-36-25-16-22(10-13-26(25)38(27)3)32(2,30(42)39-14-6-7-15-39)20-34-18-24(40)17-28(41)44-4/h8-13,16,34-35H,5-7,14-15,17-20H2,1-4H3,(H2,33,37,43). The molecule has 13 nitrogen and oxygen atoms in total. The maximum Gasteiger partial charge on any atom is 0.412 e. The highest BCUT2D eigenvalue weighted by Gasteiger charge is 2.39. The van der Waals surface area contributed by atoms with Crippen molar-refractivity contribution in [1.82, 2.24) is 25.1 Å². The summed E-state index contributed by atoms with van der Waals surface area (Å²) in [5.74, 6) is -0.189. The predicted octanol–water partition coefficient (Wildman–Crippen LogP) is 2.86. The van der Waals surface area contributed by atoms with Crippen LogP contribution in [-0.4, -0.2) is 83.9 Å². The molecule has 45 heavy (non-hydrogen) atoms. The van der Waals surface area contributed by atoms with Crippen molar-refractivity contribution in [3.8, 4) is 0 Å². The molecular formula is C32H41N7O6. The Kier molecular flexibility index (Phi) is 10.9. The number of fused-ring (bicyclic) bond motifs is 1. The first kappa shape index (κ1) is 33.1. The van der Waals surface area contributed by atoms with Gasteiger partial charge in [0.1, 0.15) is 18.1 Å². The van der Waals surface area contributed by atoms with E-state index in [-0.39, 0.29) is 43.6 Å². The second-order valence-electron chi connectivity index (χ2n) is 11.2. The lowest BCUT2D eigenvalue weighted by Crippen LogP contribution is -2.50. The summed E-state index contributed by atoms with van der Waals surface area (Å²) in [6.07, 6.45) is 0.922. The van der Waals surface area contributed by atoms with Crippen LogP contribution in [0.3, 0.4) is 0 Å². The van der Waals surface area contributed by atoms with Gasteiger partial charge in [0.2, 0.25) is 5.91 Å². The molecule has 1 aromatic heterocycles. The molecule has 1 aliphatic rings. The van der Waals surface area contributed by atoms with Gasteiger partial charge in [-0.25, -0.2) is 9.78 Å². The number of ether oxygens (including phenoxy) is 2. The lowest BCUT2D eigenvalue weighted by atomic mass is 9.80. The quantitative estimate of drug-likeness (QED) is 0.0973. The highest BCUT2D eigenvalue weighted by molar-refractivity contribution is 6.04. The van der Waals surface area contributed by atoms with Crippen LogP contribution in [0.15, 0.2) is 42.5 Å². The van der Waals surface area contributed by atoms with Gasteiger partial charge in [0.25, 0.3) is 0 Å². The molecule has 2 amide bonds. The van der Waals surface area contributed by atoms with E-state index >= 15 is 0 Å². The predicted molar refractivity (Wildman–Crippen MR) is 169 cm³/mol. The Bertz CT molecular complexity index is 1560. The summed E-state index contributed by atoms with van der Waals surface area (Å²) in [6, 6.07) is 12.9. The molecule has 2 aromatic carbocycles. The summed E-state index contributed by atoms with van der Waals surface area (Å²) in [5, 5.41) is 16.9. The average molecular weight is 620 g/mol. The molecule has 1 atom stereocenters. The van der Waals surface area contributed by atoms with Crippen LogP contribution >= 0.6 is 0 Å². The fourth-order valence-corrected chi connectivity index (χ4v) is 5.35. The molecule has 240 valence electrons. The molecule has 0 saturated carbocycles. The smallest absolute Gasteiger partial charge is 0.412 e. The van der Waals surface area contributed by atoms with Crippen LogP contribution < -0.4 is 16.0 Å². The van der Waals surface area contributed by atoms with Crippen LogP contribution in [-0.2, 0) is 42.9 Å². The lowest BCUT2D eigenvalue weighted by Gasteiger charge is -2.33. The zero-order chi connectivity index (χ0) is 32.6. The number of amides is 2. The van der Waals surface area contributed by atoms with Crippen molar-refractivity contribution < 1.29 is 28.7 Å². The zero-order valence-corrected chi connectivity index (χ0v) is 26.2. The van der Waals surface area contributed by atoms with Gasteiger partial charge in [0, 0.05) is 37.9 Å². The normalized spacial score (nSPS) is 14.1. The third-order valence-corrected chi connectivity index (χ3v) is 7.97. The van der Waals surface area contributed by atoms with Gasteiger partial charge in [0.05, 0.1) is 43.3 Å². The first-order valence-electron chi connectivity index (χ1n) is 15.0. The fourth-order valence-electron chi connectivity index (χ4n) is 5.35. The minimum absolute atomic E-state index is 0.0147. The largest absolute Gasteiger partial charge is 0.469 e. The first-order chi connectivity index (χ1) is 21.5. The molecule has 4 N–H and O–H groups in total. The summed E-state index contributed by atoms with van der Waals surface area (Å²) in [6.45, 7) is 5.77. The van der Waals surface area contributed by atoms with Crippen molar-refractivity contribution in [3.63, 3.8) is 0 Å². The number of esters is 1. The van der Waals surface area contributed by atoms with Crippen molar-refractivity contribution in [2.24, 2.45) is 7.05 Å². The van der Waals surface area contributed by atoms with Crippen molar-refractivity contribution in [3.05, 3.63) is 59.4 Å². The van der Waals surface area contributed by atoms with Crippen molar-refractivity contribution in [1.29, 1.82) is 5.41 Å². The highest BCUT2D eigenvalue weighted by Crippen LogP contribution is 2.30. The van der Waals surface area contributed by atoms with E-state index in [1.807, 2.05) is 53.8 Å². The molecule has 4 rings (SSSR count). The fraction of sp³-hybridized carbons (Fsp3) is 0.438. The van der Waals surface area contributed by atoms with E-state index in [0.717, 1.165) is 41.0 Å². The number of anilines is 1. The van der Waals surface area contributed by atoms with Crippen molar-refractivity contribution in [2.75, 3.05) is 45.2 Å². The van der Waals surface area contributed by atoms with Gasteiger partial charge in [-0.2, -0.15) is 0 Å². The Labute approximate surface area is 262 Å². The molecule has 2 heterocycles. The summed E-state index contributed by atoms with van der Waals surface area (Å²) in [4.78, 5) is 55.9. The highest BCUT2D eigenvalue weighted by atomic mass is 16.5. The van der Waals surface area contributed by atoms with Crippen LogP contribution in [0.4, 0.5) is 10.5 Å². The monoisotopic (exact) mass is 619 g/mol. The number of carbonyl (C=O) groups is 4. The number of benzene rings is 2. The Morgan fingerprint density at radius 1 is 1.07 bits per heavy atom. The third kappa shape index (κ3) is 8.04. The van der Waals surface area contributed by atoms with Crippen LogP contribution in [0.5, 0.6) is 0 Å². The van der Waals surface area contributed by atoms with Gasteiger partial charge in [-0.05, 0) is 68.7 Å². The molecule has 0 spiro atoms. The number of hydrogen-bond acceptors (Lipinski definition) is 10. The van der Waals surface area contributed by atoms with Crippen LogP contribution in [0.25, 0.3) is 11.0 Å². The van der Waals surface area contributed by atoms with E-state index in [1.54, 1.807) is 19.1 Å². The summed E-state index contributed by atoms with van der Waals surface area (Å²) in [7, 11) is 3.17. The van der Waals surface area contributed by atoms with E-state index in [4.69, 9.17) is 15.1 Å². The Morgan fingerprint density at radius 2 is 1.78 bits per heavy atom. The van der Waals surface area contributed by atoms with E-state index < -0.39 is 17.5 Å². The molecule has 1 unspecified atom stereocenters. The Hall–Kier alpha value is -4.78. The van der Waals surface area contributed by atoms with Crippen LogP contribution in [0.1, 0.15) is 50.1 Å². The van der Waals surface area contributed by atoms with Crippen molar-refractivity contribution >= 4 is 46.3 Å².